The molecule has 1 aliphatic heterocycles. The lowest BCUT2D eigenvalue weighted by Gasteiger charge is -2.34. The SMILES string of the molecule is COc1cccc(CNC(=O)Cn2c(=O)oc3cc(S(=O)(=O)N4C[C@H](C)C[C@H](C)C4)ccc32)c1. The number of nitrogens with one attached hydrogen (secondary N) is 1. The number of methoxy groups -OCH3 is 1. The number of carbonyl (C=O) groups is 1. The van der Waals surface area contributed by atoms with Crippen LogP contribution < -0.4 is 15.8 Å². The van der Waals surface area contributed by atoms with Crippen molar-refractivity contribution in [3.63, 3.8) is 0 Å². The first-order chi connectivity index (χ1) is 16.2. The number of amides is 1. The first kappa shape index (κ1) is 24.0. The van der Waals surface area contributed by atoms with Crippen LogP contribution >= 0.6 is 0 Å². The van der Waals surface area contributed by atoms with Gasteiger partial charge in [-0.3, -0.25) is 9.36 Å². The maximum absolute atomic E-state index is 13.2. The van der Waals surface area contributed by atoms with Crippen molar-refractivity contribution in [2.45, 2.75) is 38.3 Å². The van der Waals surface area contributed by atoms with Crippen LogP contribution in [0.5, 0.6) is 5.75 Å². The lowest BCUT2D eigenvalue weighted by molar-refractivity contribution is -0.121. The molecule has 1 aliphatic rings. The molecule has 1 fully saturated rings. The summed E-state index contributed by atoms with van der Waals surface area (Å²) in [5.74, 6) is 0.137. The lowest BCUT2D eigenvalue weighted by Crippen LogP contribution is -2.42. The van der Waals surface area contributed by atoms with E-state index in [1.165, 1.54) is 27.1 Å². The van der Waals surface area contributed by atoms with E-state index in [0.717, 1.165) is 12.0 Å². The normalized spacial score (nSPS) is 19.3. The Kier molecular flexibility index (Phi) is 6.81. The van der Waals surface area contributed by atoms with Gasteiger partial charge in [-0.1, -0.05) is 26.0 Å². The molecular weight excluding hydrogens is 458 g/mol. The van der Waals surface area contributed by atoms with E-state index in [-0.39, 0.29) is 41.3 Å². The van der Waals surface area contributed by atoms with Crippen molar-refractivity contribution in [2.75, 3.05) is 20.2 Å². The molecule has 1 aromatic heterocycles. The molecule has 1 saturated heterocycles. The van der Waals surface area contributed by atoms with Crippen LogP contribution in [-0.2, 0) is 27.9 Å². The predicted molar refractivity (Wildman–Crippen MR) is 127 cm³/mol. The minimum absolute atomic E-state index is 0.0738. The fourth-order valence-corrected chi connectivity index (χ4v) is 6.19. The average Bonchev–Trinajstić information content (AvgIpc) is 3.11. The second-order valence-electron chi connectivity index (χ2n) is 8.98. The third-order valence-corrected chi connectivity index (χ3v) is 7.87. The molecule has 182 valence electrons. The minimum Gasteiger partial charge on any atom is -0.497 e. The molecule has 2 atom stereocenters. The molecule has 10 heteroatoms. The predicted octanol–water partition coefficient (Wildman–Crippen LogP) is 2.59. The maximum atomic E-state index is 13.2. The molecule has 1 N–H and O–H groups in total. The molecule has 3 aromatic rings. The zero-order valence-electron chi connectivity index (χ0n) is 19.5. The van der Waals surface area contributed by atoms with Crippen molar-refractivity contribution >= 4 is 27.0 Å². The molecule has 2 heterocycles. The molecule has 0 radical (unpaired) electrons. The van der Waals surface area contributed by atoms with Crippen LogP contribution in [0.2, 0.25) is 0 Å². The summed E-state index contributed by atoms with van der Waals surface area (Å²) in [6.07, 6.45) is 0.989. The topological polar surface area (TPSA) is 111 Å². The molecular formula is C24H29N3O6S. The highest BCUT2D eigenvalue weighted by atomic mass is 32.2. The van der Waals surface area contributed by atoms with E-state index in [1.54, 1.807) is 7.11 Å². The van der Waals surface area contributed by atoms with Crippen molar-refractivity contribution in [3.05, 3.63) is 58.6 Å². The van der Waals surface area contributed by atoms with Gasteiger partial charge >= 0.3 is 5.76 Å². The third kappa shape index (κ3) is 5.02. The number of rotatable bonds is 7. The summed E-state index contributed by atoms with van der Waals surface area (Å²) in [6.45, 7) is 5.03. The van der Waals surface area contributed by atoms with Gasteiger partial charge < -0.3 is 14.5 Å². The quantitative estimate of drug-likeness (QED) is 0.548. The second kappa shape index (κ2) is 9.63. The largest absolute Gasteiger partial charge is 0.497 e. The van der Waals surface area contributed by atoms with Crippen LogP contribution in [0, 0.1) is 11.8 Å². The summed E-state index contributed by atoms with van der Waals surface area (Å²) in [6, 6.07) is 11.6. The smallest absolute Gasteiger partial charge is 0.420 e. The van der Waals surface area contributed by atoms with Gasteiger partial charge in [0, 0.05) is 25.7 Å². The third-order valence-electron chi connectivity index (χ3n) is 6.04. The molecule has 0 saturated carbocycles. The standard InChI is InChI=1S/C24H29N3O6S/c1-16-9-17(2)14-26(13-16)34(30,31)20-7-8-21-22(11-20)33-24(29)27(21)15-23(28)25-12-18-5-4-6-19(10-18)32-3/h4-8,10-11,16-17H,9,12-15H2,1-3H3,(H,25,28)/t16-,17+. The number of ether oxygens (including phenoxy) is 1. The summed E-state index contributed by atoms with van der Waals surface area (Å²) in [5, 5.41) is 2.77. The highest BCUT2D eigenvalue weighted by Gasteiger charge is 2.32. The molecule has 1 amide bonds. The van der Waals surface area contributed by atoms with Crippen molar-refractivity contribution in [3.8, 4) is 5.75 Å². The summed E-state index contributed by atoms with van der Waals surface area (Å²) >= 11 is 0. The van der Waals surface area contributed by atoms with Gasteiger partial charge in [0.1, 0.15) is 12.3 Å². The molecule has 0 aliphatic carbocycles. The summed E-state index contributed by atoms with van der Waals surface area (Å²) in [7, 11) is -2.15. The van der Waals surface area contributed by atoms with Crippen molar-refractivity contribution in [1.82, 2.24) is 14.2 Å². The molecule has 34 heavy (non-hydrogen) atoms. The Morgan fingerprint density at radius 1 is 1.15 bits per heavy atom. The average molecular weight is 488 g/mol. The van der Waals surface area contributed by atoms with Crippen molar-refractivity contribution < 1.29 is 22.4 Å². The van der Waals surface area contributed by atoms with Crippen molar-refractivity contribution in [2.24, 2.45) is 11.8 Å². The van der Waals surface area contributed by atoms with Crippen LogP contribution in [-0.4, -0.2) is 43.4 Å². The van der Waals surface area contributed by atoms with E-state index in [1.807, 2.05) is 38.1 Å². The fourth-order valence-electron chi connectivity index (χ4n) is 4.49. The number of hydrogen-bond acceptors (Lipinski definition) is 6. The number of sulfonamides is 1. The molecule has 0 spiro atoms. The zero-order valence-corrected chi connectivity index (χ0v) is 20.3. The van der Waals surface area contributed by atoms with Gasteiger partial charge in [-0.25, -0.2) is 13.2 Å². The zero-order chi connectivity index (χ0) is 24.5. The Balaban J connectivity index is 1.51. The summed E-state index contributed by atoms with van der Waals surface area (Å²) in [4.78, 5) is 25.0. The summed E-state index contributed by atoms with van der Waals surface area (Å²) < 4.78 is 39.5. The highest BCUT2D eigenvalue weighted by molar-refractivity contribution is 7.89. The number of nitrogens with zero attached hydrogens (tertiary/aromatic N) is 2. The maximum Gasteiger partial charge on any atom is 0.420 e. The molecule has 0 bridgehead atoms. The van der Waals surface area contributed by atoms with Crippen molar-refractivity contribution in [1.29, 1.82) is 0 Å². The summed E-state index contributed by atoms with van der Waals surface area (Å²) in [5.41, 5.74) is 1.35. The van der Waals surface area contributed by atoms with E-state index < -0.39 is 15.8 Å². The van der Waals surface area contributed by atoms with Crippen LogP contribution in [0.15, 0.2) is 56.6 Å². The van der Waals surface area contributed by atoms with E-state index in [4.69, 9.17) is 9.15 Å². The highest BCUT2D eigenvalue weighted by Crippen LogP contribution is 2.28. The van der Waals surface area contributed by atoms with E-state index in [9.17, 15) is 18.0 Å². The van der Waals surface area contributed by atoms with Gasteiger partial charge in [-0.05, 0) is 48.1 Å². The van der Waals surface area contributed by atoms with Gasteiger partial charge in [0.05, 0.1) is 17.5 Å². The second-order valence-corrected chi connectivity index (χ2v) is 10.9. The van der Waals surface area contributed by atoms with E-state index in [0.29, 0.717) is 24.4 Å². The Morgan fingerprint density at radius 2 is 1.88 bits per heavy atom. The number of benzene rings is 2. The number of oxazole rings is 1. The Labute approximate surface area is 198 Å². The minimum atomic E-state index is -3.72. The first-order valence-corrected chi connectivity index (χ1v) is 12.6. The van der Waals surface area contributed by atoms with E-state index in [2.05, 4.69) is 5.32 Å². The first-order valence-electron chi connectivity index (χ1n) is 11.2. The van der Waals surface area contributed by atoms with Gasteiger partial charge in [-0.15, -0.1) is 0 Å². The monoisotopic (exact) mass is 487 g/mol. The molecule has 9 nitrogen and oxygen atoms in total. The lowest BCUT2D eigenvalue weighted by atomic mass is 9.94. The number of piperidine rings is 1. The van der Waals surface area contributed by atoms with Gasteiger partial charge in [0.15, 0.2) is 5.58 Å². The number of carbonyl (C=O) groups excluding carboxylic acids is 1. The van der Waals surface area contributed by atoms with Crippen LogP contribution in [0.25, 0.3) is 11.1 Å². The number of hydrogen-bond donors (Lipinski definition) is 1. The molecule has 2 aromatic carbocycles. The number of fused-ring (bicyclic) bond motifs is 1. The Hall–Kier alpha value is -3.11. The molecule has 0 unspecified atom stereocenters. The van der Waals surface area contributed by atoms with Crippen LogP contribution in [0.4, 0.5) is 0 Å². The Bertz CT molecular complexity index is 1350. The number of aromatic nitrogens is 1. The fraction of sp³-hybridized carbons (Fsp3) is 0.417. The van der Waals surface area contributed by atoms with Crippen LogP contribution in [0.3, 0.4) is 0 Å². The van der Waals surface area contributed by atoms with Gasteiger partial charge in [0.25, 0.3) is 0 Å². The molecule has 4 rings (SSSR count). The van der Waals surface area contributed by atoms with Gasteiger partial charge in [0.2, 0.25) is 15.9 Å². The van der Waals surface area contributed by atoms with Crippen LogP contribution in [0.1, 0.15) is 25.8 Å². The Morgan fingerprint density at radius 3 is 2.59 bits per heavy atom. The van der Waals surface area contributed by atoms with E-state index >= 15 is 0 Å². The van der Waals surface area contributed by atoms with Gasteiger partial charge in [-0.2, -0.15) is 4.31 Å².